The van der Waals surface area contributed by atoms with E-state index in [9.17, 15) is 4.79 Å². The van der Waals surface area contributed by atoms with Crippen LogP contribution in [0, 0.1) is 29.1 Å². The summed E-state index contributed by atoms with van der Waals surface area (Å²) in [6, 6.07) is 21.3. The number of aliphatic imine (C=N–C) groups is 1. The number of amides is 1. The lowest BCUT2D eigenvalue weighted by Crippen LogP contribution is -2.39. The Bertz CT molecular complexity index is 1060. The molecule has 4 unspecified atom stereocenters. The summed E-state index contributed by atoms with van der Waals surface area (Å²) in [4.78, 5) is 18.6. The highest BCUT2D eigenvalue weighted by atomic mass is 16.5. The van der Waals surface area contributed by atoms with E-state index in [-0.39, 0.29) is 28.8 Å². The summed E-state index contributed by atoms with van der Waals surface area (Å²) in [5.74, 6) is 1.86. The predicted octanol–water partition coefficient (Wildman–Crippen LogP) is 5.69. The number of carbonyl (C=O) groups is 1. The van der Waals surface area contributed by atoms with Crippen molar-refractivity contribution < 1.29 is 9.53 Å². The second-order valence-corrected chi connectivity index (χ2v) is 11.8. The Labute approximate surface area is 209 Å². The molecule has 35 heavy (non-hydrogen) atoms. The van der Waals surface area contributed by atoms with Crippen LogP contribution in [0.4, 0.5) is 0 Å². The van der Waals surface area contributed by atoms with Gasteiger partial charge in [0, 0.05) is 12.1 Å². The minimum Gasteiger partial charge on any atom is -0.373 e. The van der Waals surface area contributed by atoms with Crippen molar-refractivity contribution in [2.45, 2.75) is 69.5 Å². The van der Waals surface area contributed by atoms with Gasteiger partial charge in [0.1, 0.15) is 0 Å². The molecule has 5 fully saturated rings. The Kier molecular flexibility index (Phi) is 6.14. The highest BCUT2D eigenvalue weighted by Gasteiger charge is 2.71. The van der Waals surface area contributed by atoms with Crippen LogP contribution >= 0.6 is 0 Å². The van der Waals surface area contributed by atoms with Crippen LogP contribution in [-0.4, -0.2) is 24.8 Å². The van der Waals surface area contributed by atoms with Gasteiger partial charge in [-0.25, -0.2) is 4.99 Å². The van der Waals surface area contributed by atoms with Crippen molar-refractivity contribution >= 4 is 12.1 Å². The molecule has 0 spiro atoms. The fourth-order valence-corrected chi connectivity index (χ4v) is 8.18. The first kappa shape index (κ1) is 23.1. The van der Waals surface area contributed by atoms with E-state index >= 15 is 0 Å². The molecule has 5 aliphatic carbocycles. The molecule has 0 heterocycles. The first-order chi connectivity index (χ1) is 17.1. The van der Waals surface area contributed by atoms with E-state index in [0.717, 1.165) is 57.9 Å². The standard InChI is InChI=1S/C31H38N2O2/c32-18-22-11-13-23(14-12-22)19-33-29(34)31-16-25-15-30(21-31,26-9-5-2-6-10-26)17-27(31)28(25)35-20-24-7-3-1-4-8-24/h1-10,19,22-23,25,27-28H,11-18,20-21,32H2/t22?,23?,25?,27?,28-,30?,31?/m0/s1. The molecular weight excluding hydrogens is 432 g/mol. The monoisotopic (exact) mass is 470 g/mol. The smallest absolute Gasteiger partial charge is 0.251 e. The van der Waals surface area contributed by atoms with Gasteiger partial charge in [-0.3, -0.25) is 4.79 Å². The second-order valence-electron chi connectivity index (χ2n) is 11.8. The van der Waals surface area contributed by atoms with Crippen LogP contribution in [0.25, 0.3) is 0 Å². The third-order valence-electron chi connectivity index (χ3n) is 9.84. The van der Waals surface area contributed by atoms with E-state index in [0.29, 0.717) is 24.4 Å². The topological polar surface area (TPSA) is 64.7 Å². The van der Waals surface area contributed by atoms with Crippen LogP contribution in [0.5, 0.6) is 0 Å². The van der Waals surface area contributed by atoms with Gasteiger partial charge in [0.15, 0.2) is 0 Å². The van der Waals surface area contributed by atoms with Crippen molar-refractivity contribution in [3.63, 3.8) is 0 Å². The van der Waals surface area contributed by atoms with Gasteiger partial charge in [-0.05, 0) is 92.2 Å². The average Bonchev–Trinajstić information content (AvgIpc) is 3.29. The maximum atomic E-state index is 13.9. The Morgan fingerprint density at radius 2 is 1.69 bits per heavy atom. The minimum absolute atomic E-state index is 0.0891. The lowest BCUT2D eigenvalue weighted by atomic mass is 9.63. The third-order valence-corrected chi connectivity index (χ3v) is 9.84. The number of nitrogens with zero attached hydrogens (tertiary/aromatic N) is 1. The van der Waals surface area contributed by atoms with Gasteiger partial charge in [-0.2, -0.15) is 0 Å². The van der Waals surface area contributed by atoms with E-state index in [1.807, 2.05) is 12.3 Å². The van der Waals surface area contributed by atoms with Crippen LogP contribution in [0.2, 0.25) is 0 Å². The first-order valence-electron chi connectivity index (χ1n) is 13.6. The van der Waals surface area contributed by atoms with Crippen LogP contribution in [0.15, 0.2) is 65.7 Å². The minimum atomic E-state index is -0.370. The zero-order valence-electron chi connectivity index (χ0n) is 20.6. The molecule has 0 aliphatic heterocycles. The molecule has 0 saturated heterocycles. The van der Waals surface area contributed by atoms with E-state index in [4.69, 9.17) is 15.5 Å². The van der Waals surface area contributed by atoms with Gasteiger partial charge in [0.2, 0.25) is 0 Å². The molecule has 4 heteroatoms. The molecule has 7 rings (SSSR count). The molecule has 1 amide bonds. The Balaban J connectivity index is 1.24. The summed E-state index contributed by atoms with van der Waals surface area (Å²) in [6.07, 6.45) is 10.7. The Morgan fingerprint density at radius 3 is 2.40 bits per heavy atom. The molecule has 2 aromatic rings. The van der Waals surface area contributed by atoms with Crippen LogP contribution in [0.3, 0.4) is 0 Å². The lowest BCUT2D eigenvalue weighted by Gasteiger charge is -2.42. The zero-order valence-corrected chi connectivity index (χ0v) is 20.6. The van der Waals surface area contributed by atoms with Gasteiger partial charge in [-0.15, -0.1) is 0 Å². The zero-order chi connectivity index (χ0) is 23.9. The SMILES string of the molecule is NCC1CCC(C=NC(=O)C23CC4CC(c5ccccc5)(CC2[C@H]4OCc2ccccc2)C3)CC1. The van der Waals surface area contributed by atoms with E-state index < -0.39 is 0 Å². The van der Waals surface area contributed by atoms with Gasteiger partial charge in [-0.1, -0.05) is 60.7 Å². The number of rotatable bonds is 7. The summed E-state index contributed by atoms with van der Waals surface area (Å²) >= 11 is 0. The van der Waals surface area contributed by atoms with Gasteiger partial charge < -0.3 is 10.5 Å². The number of hydrogen-bond acceptors (Lipinski definition) is 3. The molecular formula is C31H38N2O2. The first-order valence-corrected chi connectivity index (χ1v) is 13.6. The quantitative estimate of drug-likeness (QED) is 0.529. The summed E-state index contributed by atoms with van der Waals surface area (Å²) in [5.41, 5.74) is 8.18. The molecule has 2 aromatic carbocycles. The lowest BCUT2D eigenvalue weighted by molar-refractivity contribution is -0.130. The van der Waals surface area contributed by atoms with Gasteiger partial charge in [0.05, 0.1) is 18.1 Å². The van der Waals surface area contributed by atoms with E-state index in [1.54, 1.807) is 0 Å². The summed E-state index contributed by atoms with van der Waals surface area (Å²) in [6.45, 7) is 1.40. The third kappa shape index (κ3) is 4.09. The predicted molar refractivity (Wildman–Crippen MR) is 139 cm³/mol. The number of nitrogens with two attached hydrogens (primary N) is 1. The van der Waals surface area contributed by atoms with E-state index in [2.05, 4.69) is 54.6 Å². The normalized spacial score (nSPS) is 37.8. The van der Waals surface area contributed by atoms with Crippen LogP contribution < -0.4 is 5.73 Å². The van der Waals surface area contributed by atoms with Crippen LogP contribution in [-0.2, 0) is 21.6 Å². The number of benzene rings is 2. The van der Waals surface area contributed by atoms with Crippen molar-refractivity contribution in [3.8, 4) is 0 Å². The van der Waals surface area contributed by atoms with Crippen molar-refractivity contribution in [2.24, 2.45) is 39.8 Å². The second kappa shape index (κ2) is 9.29. The molecule has 0 aromatic heterocycles. The Morgan fingerprint density at radius 1 is 0.971 bits per heavy atom. The maximum absolute atomic E-state index is 13.9. The number of carbonyl (C=O) groups excluding carboxylic acids is 1. The van der Waals surface area contributed by atoms with Crippen molar-refractivity contribution in [3.05, 3.63) is 71.8 Å². The highest BCUT2D eigenvalue weighted by molar-refractivity contribution is 5.91. The largest absolute Gasteiger partial charge is 0.373 e. The summed E-state index contributed by atoms with van der Waals surface area (Å²) < 4.78 is 6.61. The van der Waals surface area contributed by atoms with Crippen molar-refractivity contribution in [1.29, 1.82) is 0 Å². The molecule has 5 atom stereocenters. The number of ether oxygens (including phenoxy) is 1. The molecule has 0 radical (unpaired) electrons. The molecule has 5 aliphatic rings. The average molecular weight is 471 g/mol. The summed E-state index contributed by atoms with van der Waals surface area (Å²) in [5, 5.41) is 0. The van der Waals surface area contributed by atoms with E-state index in [1.165, 1.54) is 11.1 Å². The molecule has 5 saturated carbocycles. The highest BCUT2D eigenvalue weighted by Crippen LogP contribution is 2.71. The number of hydrogen-bond donors (Lipinski definition) is 1. The molecule has 2 N–H and O–H groups in total. The Hall–Kier alpha value is -2.30. The maximum Gasteiger partial charge on any atom is 0.251 e. The summed E-state index contributed by atoms with van der Waals surface area (Å²) in [7, 11) is 0. The van der Waals surface area contributed by atoms with Gasteiger partial charge in [0.25, 0.3) is 5.91 Å². The fourth-order valence-electron chi connectivity index (χ4n) is 8.18. The molecule has 4 nitrogen and oxygen atoms in total. The van der Waals surface area contributed by atoms with Gasteiger partial charge >= 0.3 is 0 Å². The van der Waals surface area contributed by atoms with Crippen molar-refractivity contribution in [2.75, 3.05) is 6.54 Å². The molecule has 184 valence electrons. The molecule has 4 bridgehead atoms. The fraction of sp³-hybridized carbons (Fsp3) is 0.548. The van der Waals surface area contributed by atoms with Crippen molar-refractivity contribution in [1.82, 2.24) is 0 Å². The van der Waals surface area contributed by atoms with Crippen LogP contribution in [0.1, 0.15) is 62.5 Å².